The van der Waals surface area contributed by atoms with Gasteiger partial charge in [-0.3, -0.25) is 9.59 Å². The summed E-state index contributed by atoms with van der Waals surface area (Å²) in [7, 11) is 1.84. The monoisotopic (exact) mass is 368 g/mol. The van der Waals surface area contributed by atoms with Gasteiger partial charge >= 0.3 is 0 Å². The average Bonchev–Trinajstić information content (AvgIpc) is 2.62. The second-order valence-corrected chi connectivity index (χ2v) is 7.07. The number of quaternary nitrogens is 1. The van der Waals surface area contributed by atoms with Crippen molar-refractivity contribution in [1.82, 2.24) is 0 Å². The van der Waals surface area contributed by atoms with Crippen molar-refractivity contribution < 1.29 is 14.5 Å². The number of amides is 2. The first-order chi connectivity index (χ1) is 13.0. The molecule has 0 aliphatic rings. The van der Waals surface area contributed by atoms with Crippen LogP contribution in [-0.2, 0) is 16.0 Å². The van der Waals surface area contributed by atoms with Crippen molar-refractivity contribution in [3.63, 3.8) is 0 Å². The molecular weight excluding hydrogens is 338 g/mol. The van der Waals surface area contributed by atoms with E-state index >= 15 is 0 Å². The maximum absolute atomic E-state index is 12.2. The molecule has 0 aliphatic carbocycles. The Morgan fingerprint density at radius 3 is 1.81 bits per heavy atom. The Kier molecular flexibility index (Phi) is 8.01. The fourth-order valence-electron chi connectivity index (χ4n) is 2.79. The second kappa shape index (κ2) is 10.5. The molecular formula is C22H30N3O2+. The molecule has 0 spiro atoms. The molecule has 1 unspecified atom stereocenters. The Labute approximate surface area is 161 Å². The summed E-state index contributed by atoms with van der Waals surface area (Å²) in [6, 6.07) is 15.6. The molecule has 0 bridgehead atoms. The van der Waals surface area contributed by atoms with Gasteiger partial charge in [0.05, 0.1) is 7.05 Å². The molecule has 144 valence electrons. The minimum absolute atomic E-state index is 0.100. The smallest absolute Gasteiger partial charge is 0.279 e. The van der Waals surface area contributed by atoms with E-state index in [-0.39, 0.29) is 24.9 Å². The standard InChI is InChI=1S/C22H29N3O2/c1-4-5-6-18-9-13-20(14-10-18)24-22(27)16-25(3)15-21(26)23-19-11-7-17(2)8-12-19/h7-14H,4-6,15-16H2,1-3H3,(H,23,26)(H,24,27)/p+1. The van der Waals surface area contributed by atoms with E-state index in [1.807, 2.05) is 50.4 Å². The van der Waals surface area contributed by atoms with Crippen molar-refractivity contribution in [3.05, 3.63) is 59.7 Å². The van der Waals surface area contributed by atoms with Crippen molar-refractivity contribution in [3.8, 4) is 0 Å². The Bertz CT molecular complexity index is 739. The van der Waals surface area contributed by atoms with Gasteiger partial charge in [-0.2, -0.15) is 0 Å². The van der Waals surface area contributed by atoms with Gasteiger partial charge in [-0.05, 0) is 49.6 Å². The molecule has 1 atom stereocenters. The number of likely N-dealkylation sites (N-methyl/N-ethyl adjacent to an activating group) is 1. The molecule has 0 aromatic heterocycles. The summed E-state index contributed by atoms with van der Waals surface area (Å²) in [6.45, 7) is 4.64. The number of rotatable bonds is 9. The van der Waals surface area contributed by atoms with E-state index in [9.17, 15) is 9.59 Å². The molecule has 0 heterocycles. The van der Waals surface area contributed by atoms with Gasteiger partial charge in [-0.25, -0.2) is 0 Å². The van der Waals surface area contributed by atoms with Crippen LogP contribution in [0.2, 0.25) is 0 Å². The summed E-state index contributed by atoms with van der Waals surface area (Å²) in [5.41, 5.74) is 3.99. The highest BCUT2D eigenvalue weighted by Gasteiger charge is 2.14. The van der Waals surface area contributed by atoms with Gasteiger partial charge in [0.25, 0.3) is 11.8 Å². The predicted octanol–water partition coefficient (Wildman–Crippen LogP) is 2.43. The van der Waals surface area contributed by atoms with Gasteiger partial charge in [-0.15, -0.1) is 0 Å². The summed E-state index contributed by atoms with van der Waals surface area (Å²) in [5, 5.41) is 5.75. The van der Waals surface area contributed by atoms with Crippen molar-refractivity contribution in [2.45, 2.75) is 33.1 Å². The van der Waals surface area contributed by atoms with Crippen LogP contribution in [0.5, 0.6) is 0 Å². The normalized spacial score (nSPS) is 11.7. The lowest BCUT2D eigenvalue weighted by Crippen LogP contribution is -3.11. The zero-order valence-electron chi connectivity index (χ0n) is 16.5. The van der Waals surface area contributed by atoms with Gasteiger partial charge in [0.15, 0.2) is 13.1 Å². The van der Waals surface area contributed by atoms with Gasteiger partial charge in [0, 0.05) is 11.4 Å². The first-order valence-corrected chi connectivity index (χ1v) is 9.53. The van der Waals surface area contributed by atoms with E-state index in [0.29, 0.717) is 0 Å². The number of aryl methyl sites for hydroxylation is 2. The largest absolute Gasteiger partial charge is 0.322 e. The van der Waals surface area contributed by atoms with Crippen LogP contribution >= 0.6 is 0 Å². The number of unbranched alkanes of at least 4 members (excludes halogenated alkanes) is 1. The zero-order chi connectivity index (χ0) is 19.6. The molecule has 3 N–H and O–H groups in total. The Balaban J connectivity index is 1.75. The number of anilines is 2. The maximum Gasteiger partial charge on any atom is 0.279 e. The zero-order valence-corrected chi connectivity index (χ0v) is 16.5. The van der Waals surface area contributed by atoms with Crippen molar-refractivity contribution in [2.75, 3.05) is 30.8 Å². The molecule has 0 saturated carbocycles. The van der Waals surface area contributed by atoms with Crippen LogP contribution in [0.25, 0.3) is 0 Å². The molecule has 5 nitrogen and oxygen atoms in total. The molecule has 2 aromatic rings. The number of hydrogen-bond donors (Lipinski definition) is 3. The van der Waals surface area contributed by atoms with Gasteiger partial charge in [0.2, 0.25) is 0 Å². The third-order valence-electron chi connectivity index (χ3n) is 4.32. The predicted molar refractivity (Wildman–Crippen MR) is 110 cm³/mol. The van der Waals surface area contributed by atoms with Crippen LogP contribution in [-0.4, -0.2) is 32.0 Å². The topological polar surface area (TPSA) is 62.6 Å². The Morgan fingerprint density at radius 2 is 1.33 bits per heavy atom. The third kappa shape index (κ3) is 7.62. The van der Waals surface area contributed by atoms with E-state index in [2.05, 4.69) is 29.7 Å². The number of carbonyl (C=O) groups excluding carboxylic acids is 2. The fraction of sp³-hybridized carbons (Fsp3) is 0.364. The quantitative estimate of drug-likeness (QED) is 0.637. The lowest BCUT2D eigenvalue weighted by Gasteiger charge is -2.14. The second-order valence-electron chi connectivity index (χ2n) is 7.07. The fourth-order valence-corrected chi connectivity index (χ4v) is 2.79. The molecule has 2 rings (SSSR count). The average molecular weight is 369 g/mol. The Hall–Kier alpha value is -2.66. The third-order valence-corrected chi connectivity index (χ3v) is 4.32. The van der Waals surface area contributed by atoms with Crippen LogP contribution in [0.3, 0.4) is 0 Å². The number of carbonyl (C=O) groups is 2. The summed E-state index contributed by atoms with van der Waals surface area (Å²) in [6.07, 6.45) is 3.41. The van der Waals surface area contributed by atoms with Crippen LogP contribution in [0.15, 0.2) is 48.5 Å². The highest BCUT2D eigenvalue weighted by atomic mass is 16.2. The Morgan fingerprint density at radius 1 is 0.852 bits per heavy atom. The van der Waals surface area contributed by atoms with Crippen LogP contribution in [0.4, 0.5) is 11.4 Å². The summed E-state index contributed by atoms with van der Waals surface area (Å²) >= 11 is 0. The first-order valence-electron chi connectivity index (χ1n) is 9.53. The number of benzene rings is 2. The van der Waals surface area contributed by atoms with Crippen molar-refractivity contribution >= 4 is 23.2 Å². The van der Waals surface area contributed by atoms with Crippen LogP contribution in [0.1, 0.15) is 30.9 Å². The first kappa shape index (κ1) is 20.6. The molecule has 27 heavy (non-hydrogen) atoms. The highest BCUT2D eigenvalue weighted by molar-refractivity contribution is 5.93. The summed E-state index contributed by atoms with van der Waals surface area (Å²) in [5.74, 6) is -0.207. The van der Waals surface area contributed by atoms with E-state index in [1.165, 1.54) is 18.4 Å². The van der Waals surface area contributed by atoms with Gasteiger partial charge in [-0.1, -0.05) is 43.2 Å². The van der Waals surface area contributed by atoms with Crippen molar-refractivity contribution in [1.29, 1.82) is 0 Å². The molecule has 2 aromatic carbocycles. The molecule has 0 fully saturated rings. The molecule has 0 radical (unpaired) electrons. The highest BCUT2D eigenvalue weighted by Crippen LogP contribution is 2.11. The molecule has 0 saturated heterocycles. The van der Waals surface area contributed by atoms with Crippen LogP contribution < -0.4 is 15.5 Å². The summed E-state index contributed by atoms with van der Waals surface area (Å²) < 4.78 is 0. The van der Waals surface area contributed by atoms with Crippen LogP contribution in [0, 0.1) is 6.92 Å². The minimum atomic E-state index is -0.107. The molecule has 0 aliphatic heterocycles. The van der Waals surface area contributed by atoms with E-state index in [1.54, 1.807) is 0 Å². The van der Waals surface area contributed by atoms with Gasteiger partial charge < -0.3 is 15.5 Å². The maximum atomic E-state index is 12.2. The lowest BCUT2D eigenvalue weighted by molar-refractivity contribution is -0.862. The van der Waals surface area contributed by atoms with E-state index < -0.39 is 0 Å². The molecule has 2 amide bonds. The molecule has 5 heteroatoms. The van der Waals surface area contributed by atoms with E-state index in [0.717, 1.165) is 28.3 Å². The van der Waals surface area contributed by atoms with E-state index in [4.69, 9.17) is 0 Å². The van der Waals surface area contributed by atoms with Gasteiger partial charge in [0.1, 0.15) is 0 Å². The number of hydrogen-bond acceptors (Lipinski definition) is 2. The minimum Gasteiger partial charge on any atom is -0.322 e. The van der Waals surface area contributed by atoms with Crippen molar-refractivity contribution in [2.24, 2.45) is 0 Å². The SMILES string of the molecule is CCCCc1ccc(NC(=O)C[NH+](C)CC(=O)Nc2ccc(C)cc2)cc1. The summed E-state index contributed by atoms with van der Waals surface area (Å²) in [4.78, 5) is 25.1. The number of nitrogens with one attached hydrogen (secondary N) is 3. The lowest BCUT2D eigenvalue weighted by atomic mass is 10.1.